The molecular formula is C19H25ClN2O3. The van der Waals surface area contributed by atoms with E-state index in [1.54, 1.807) is 17.0 Å². The summed E-state index contributed by atoms with van der Waals surface area (Å²) in [6.07, 6.45) is 2.81. The lowest BCUT2D eigenvalue weighted by Crippen LogP contribution is -2.48. The van der Waals surface area contributed by atoms with E-state index in [1.165, 1.54) is 0 Å². The summed E-state index contributed by atoms with van der Waals surface area (Å²) in [6.45, 7) is 5.88. The Morgan fingerprint density at radius 2 is 2.12 bits per heavy atom. The molecule has 2 atom stereocenters. The summed E-state index contributed by atoms with van der Waals surface area (Å²) in [6, 6.07) is 5.49. The van der Waals surface area contributed by atoms with Crippen LogP contribution in [0.25, 0.3) is 0 Å². The molecule has 4 rings (SSSR count). The van der Waals surface area contributed by atoms with Crippen molar-refractivity contribution in [1.82, 2.24) is 9.80 Å². The molecule has 136 valence electrons. The quantitative estimate of drug-likeness (QED) is 0.807. The highest BCUT2D eigenvalue weighted by atomic mass is 35.5. The fraction of sp³-hybridized carbons (Fsp3) is 0.579. The first-order valence-electron chi connectivity index (χ1n) is 8.96. The number of carbonyl (C=O) groups excluding carboxylic acids is 2. The number of piperidine rings is 1. The molecule has 0 aliphatic carbocycles. The highest BCUT2D eigenvalue weighted by molar-refractivity contribution is 6.30. The van der Waals surface area contributed by atoms with Crippen LogP contribution in [-0.2, 0) is 9.59 Å². The van der Waals surface area contributed by atoms with Gasteiger partial charge in [0.2, 0.25) is 5.91 Å². The van der Waals surface area contributed by atoms with Crippen LogP contribution in [0.3, 0.4) is 0 Å². The van der Waals surface area contributed by atoms with Crippen LogP contribution in [0.2, 0.25) is 5.02 Å². The predicted molar refractivity (Wildman–Crippen MR) is 96.8 cm³/mol. The SMILES string of the molecule is CCCN1C(=O)[C@H]2CC[C@@H]1CN(C(=O)COc1ccc(Cl)cc1C)C2. The van der Waals surface area contributed by atoms with Gasteiger partial charge in [0.1, 0.15) is 5.75 Å². The molecule has 0 radical (unpaired) electrons. The van der Waals surface area contributed by atoms with Gasteiger partial charge in [0.05, 0.1) is 5.92 Å². The molecule has 1 aromatic carbocycles. The Hall–Kier alpha value is -1.75. The molecule has 3 saturated heterocycles. The van der Waals surface area contributed by atoms with Crippen molar-refractivity contribution >= 4 is 23.4 Å². The van der Waals surface area contributed by atoms with Crippen LogP contribution in [0.15, 0.2) is 18.2 Å². The zero-order valence-corrected chi connectivity index (χ0v) is 15.6. The van der Waals surface area contributed by atoms with E-state index in [0.717, 1.165) is 31.4 Å². The second-order valence-corrected chi connectivity index (χ2v) is 7.39. The van der Waals surface area contributed by atoms with Crippen molar-refractivity contribution in [3.63, 3.8) is 0 Å². The molecule has 3 fully saturated rings. The highest BCUT2D eigenvalue weighted by Gasteiger charge is 2.41. The fourth-order valence-corrected chi connectivity index (χ4v) is 4.01. The molecule has 25 heavy (non-hydrogen) atoms. The van der Waals surface area contributed by atoms with Crippen molar-refractivity contribution in [2.75, 3.05) is 26.2 Å². The van der Waals surface area contributed by atoms with E-state index in [9.17, 15) is 9.59 Å². The topological polar surface area (TPSA) is 49.9 Å². The minimum absolute atomic E-state index is 0.0100. The summed E-state index contributed by atoms with van der Waals surface area (Å²) >= 11 is 5.94. The molecule has 0 N–H and O–H groups in total. The number of ether oxygens (including phenoxy) is 1. The van der Waals surface area contributed by atoms with E-state index in [-0.39, 0.29) is 30.4 Å². The number of hydrogen-bond donors (Lipinski definition) is 0. The Bertz CT molecular complexity index is 664. The van der Waals surface area contributed by atoms with E-state index in [0.29, 0.717) is 23.9 Å². The predicted octanol–water partition coefficient (Wildman–Crippen LogP) is 2.89. The second kappa shape index (κ2) is 7.65. The van der Waals surface area contributed by atoms with E-state index >= 15 is 0 Å². The first-order valence-corrected chi connectivity index (χ1v) is 9.34. The van der Waals surface area contributed by atoms with Crippen molar-refractivity contribution in [1.29, 1.82) is 0 Å². The Kier molecular flexibility index (Phi) is 5.52. The number of hydrogen-bond acceptors (Lipinski definition) is 3. The average Bonchev–Trinajstić information content (AvgIpc) is 2.87. The summed E-state index contributed by atoms with van der Waals surface area (Å²) < 4.78 is 5.69. The minimum atomic E-state index is -0.0634. The lowest BCUT2D eigenvalue weighted by atomic mass is 9.94. The number of rotatable bonds is 5. The number of fused-ring (bicyclic) bond motifs is 4. The zero-order chi connectivity index (χ0) is 18.0. The van der Waals surface area contributed by atoms with E-state index < -0.39 is 0 Å². The maximum atomic E-state index is 12.6. The lowest BCUT2D eigenvalue weighted by Gasteiger charge is -2.35. The van der Waals surface area contributed by atoms with Crippen LogP contribution in [-0.4, -0.2) is 53.9 Å². The summed E-state index contributed by atoms with van der Waals surface area (Å²) in [4.78, 5) is 29.0. The van der Waals surface area contributed by atoms with Crippen LogP contribution >= 0.6 is 11.6 Å². The van der Waals surface area contributed by atoms with Crippen molar-refractivity contribution in [2.45, 2.75) is 39.2 Å². The molecule has 3 heterocycles. The molecule has 5 nitrogen and oxygen atoms in total. The lowest BCUT2D eigenvalue weighted by molar-refractivity contribution is -0.139. The normalized spacial score (nSPS) is 22.9. The third kappa shape index (κ3) is 3.92. The average molecular weight is 365 g/mol. The van der Waals surface area contributed by atoms with Crippen molar-refractivity contribution < 1.29 is 14.3 Å². The number of nitrogens with zero attached hydrogens (tertiary/aromatic N) is 2. The number of carbonyl (C=O) groups is 2. The maximum Gasteiger partial charge on any atom is 0.260 e. The first kappa shape index (κ1) is 18.1. The van der Waals surface area contributed by atoms with Gasteiger partial charge in [-0.15, -0.1) is 0 Å². The summed E-state index contributed by atoms with van der Waals surface area (Å²) in [5.41, 5.74) is 0.903. The Morgan fingerprint density at radius 3 is 2.84 bits per heavy atom. The molecule has 3 aliphatic heterocycles. The molecular weight excluding hydrogens is 340 g/mol. The van der Waals surface area contributed by atoms with Gasteiger partial charge in [-0.25, -0.2) is 0 Å². The van der Waals surface area contributed by atoms with Crippen molar-refractivity contribution in [3.8, 4) is 5.75 Å². The smallest absolute Gasteiger partial charge is 0.260 e. The summed E-state index contributed by atoms with van der Waals surface area (Å²) in [5.74, 6) is 0.756. The second-order valence-electron chi connectivity index (χ2n) is 6.96. The number of benzene rings is 1. The molecule has 0 unspecified atom stereocenters. The number of aryl methyl sites for hydroxylation is 1. The monoisotopic (exact) mass is 364 g/mol. The van der Waals surface area contributed by atoms with Gasteiger partial charge < -0.3 is 14.5 Å². The van der Waals surface area contributed by atoms with E-state index in [1.807, 2.05) is 17.9 Å². The molecule has 0 spiro atoms. The minimum Gasteiger partial charge on any atom is -0.483 e. The third-order valence-corrected chi connectivity index (χ3v) is 5.33. The van der Waals surface area contributed by atoms with Crippen LogP contribution < -0.4 is 4.74 Å². The largest absolute Gasteiger partial charge is 0.483 e. The molecule has 6 heteroatoms. The number of amides is 2. The van der Waals surface area contributed by atoms with Gasteiger partial charge in [-0.1, -0.05) is 18.5 Å². The maximum absolute atomic E-state index is 12.6. The van der Waals surface area contributed by atoms with Crippen LogP contribution in [0.4, 0.5) is 0 Å². The van der Waals surface area contributed by atoms with Crippen LogP contribution in [0, 0.1) is 12.8 Å². The standard InChI is InChI=1S/C19H25ClN2O3/c1-3-8-22-16-6-4-14(19(22)24)10-21(11-16)18(23)12-25-17-7-5-15(20)9-13(17)2/h5,7,9,14,16H,3-4,6,8,10-12H2,1-2H3/t14-,16+/m0/s1. The van der Waals surface area contributed by atoms with Crippen molar-refractivity contribution in [2.24, 2.45) is 5.92 Å². The summed E-state index contributed by atoms with van der Waals surface area (Å²) in [7, 11) is 0. The fourth-order valence-electron chi connectivity index (χ4n) is 3.78. The van der Waals surface area contributed by atoms with Gasteiger partial charge in [-0.2, -0.15) is 0 Å². The Labute approximate surface area is 153 Å². The van der Waals surface area contributed by atoms with Crippen LogP contribution in [0.5, 0.6) is 5.75 Å². The number of halogens is 1. The van der Waals surface area contributed by atoms with Gasteiger partial charge in [0, 0.05) is 30.7 Å². The van der Waals surface area contributed by atoms with E-state index in [4.69, 9.17) is 16.3 Å². The highest BCUT2D eigenvalue weighted by Crippen LogP contribution is 2.29. The Balaban J connectivity index is 1.64. The van der Waals surface area contributed by atoms with E-state index in [2.05, 4.69) is 6.92 Å². The van der Waals surface area contributed by atoms with Gasteiger partial charge in [-0.05, 0) is 49.9 Å². The molecule has 2 bridgehead atoms. The summed E-state index contributed by atoms with van der Waals surface area (Å²) in [5, 5.41) is 0.648. The zero-order valence-electron chi connectivity index (χ0n) is 14.8. The van der Waals surface area contributed by atoms with Gasteiger partial charge >= 0.3 is 0 Å². The molecule has 1 aromatic rings. The molecule has 0 aromatic heterocycles. The van der Waals surface area contributed by atoms with Crippen molar-refractivity contribution in [3.05, 3.63) is 28.8 Å². The molecule has 3 aliphatic rings. The van der Waals surface area contributed by atoms with Gasteiger partial charge in [0.15, 0.2) is 6.61 Å². The van der Waals surface area contributed by atoms with Gasteiger partial charge in [-0.3, -0.25) is 9.59 Å². The van der Waals surface area contributed by atoms with Gasteiger partial charge in [0.25, 0.3) is 5.91 Å². The first-order chi connectivity index (χ1) is 12.0. The molecule has 2 amide bonds. The molecule has 0 saturated carbocycles. The third-order valence-electron chi connectivity index (χ3n) is 5.10. The van der Waals surface area contributed by atoms with Crippen LogP contribution in [0.1, 0.15) is 31.7 Å². The Morgan fingerprint density at radius 1 is 1.32 bits per heavy atom.